The maximum Gasteiger partial charge on any atom is 0.136 e. The molecule has 12 heavy (non-hydrogen) atoms. The number of ketones is 1. The average molecular weight is 166 g/mol. The van der Waals surface area contributed by atoms with Gasteiger partial charge in [0, 0.05) is 12.3 Å². The lowest BCUT2D eigenvalue weighted by atomic mass is 9.85. The van der Waals surface area contributed by atoms with E-state index in [-0.39, 0.29) is 5.92 Å². The summed E-state index contributed by atoms with van der Waals surface area (Å²) in [6.07, 6.45) is 6.18. The number of hydrogen-bond donors (Lipinski definition) is 0. The summed E-state index contributed by atoms with van der Waals surface area (Å²) in [5, 5.41) is 0. The molecule has 1 fully saturated rings. The molecule has 0 aromatic rings. The van der Waals surface area contributed by atoms with Gasteiger partial charge in [0.25, 0.3) is 0 Å². The highest BCUT2D eigenvalue weighted by Crippen LogP contribution is 2.34. The smallest absolute Gasteiger partial charge is 0.136 e. The number of carbonyl (C=O) groups excluding carboxylic acids is 1. The summed E-state index contributed by atoms with van der Waals surface area (Å²) in [6, 6.07) is 0. The molecule has 3 unspecified atom stereocenters. The number of allylic oxidation sites excluding steroid dienone is 2. The Morgan fingerprint density at radius 2 is 2.25 bits per heavy atom. The van der Waals surface area contributed by atoms with Crippen LogP contribution >= 0.6 is 0 Å². The Kier molecular flexibility index (Phi) is 3.07. The van der Waals surface area contributed by atoms with Crippen LogP contribution in [0, 0.1) is 17.8 Å². The molecule has 1 saturated carbocycles. The van der Waals surface area contributed by atoms with Gasteiger partial charge in [-0.3, -0.25) is 4.79 Å². The van der Waals surface area contributed by atoms with Crippen LogP contribution < -0.4 is 0 Å². The van der Waals surface area contributed by atoms with Gasteiger partial charge in [-0.15, -0.1) is 0 Å². The molecule has 1 rings (SSSR count). The van der Waals surface area contributed by atoms with Crippen molar-refractivity contribution in [2.24, 2.45) is 17.8 Å². The van der Waals surface area contributed by atoms with Crippen molar-refractivity contribution in [3.63, 3.8) is 0 Å². The zero-order chi connectivity index (χ0) is 9.14. The number of carbonyl (C=O) groups is 1. The van der Waals surface area contributed by atoms with E-state index in [0.29, 0.717) is 17.6 Å². The first kappa shape index (κ1) is 9.50. The summed E-state index contributed by atoms with van der Waals surface area (Å²) >= 11 is 0. The van der Waals surface area contributed by atoms with Gasteiger partial charge >= 0.3 is 0 Å². The van der Waals surface area contributed by atoms with E-state index in [9.17, 15) is 4.79 Å². The summed E-state index contributed by atoms with van der Waals surface area (Å²) in [5.41, 5.74) is 0. The monoisotopic (exact) mass is 166 g/mol. The number of Topliss-reactive ketones (excluding diaryl/α,β-unsaturated/α-hetero) is 1. The third-order valence-electron chi connectivity index (χ3n) is 3.05. The molecule has 1 aliphatic rings. The van der Waals surface area contributed by atoms with Crippen molar-refractivity contribution in [3.05, 3.63) is 12.2 Å². The second-order valence-electron chi connectivity index (χ2n) is 3.84. The molecule has 1 aliphatic carbocycles. The van der Waals surface area contributed by atoms with Crippen molar-refractivity contribution < 1.29 is 4.79 Å². The molecule has 0 aromatic carbocycles. The van der Waals surface area contributed by atoms with Gasteiger partial charge in [0.1, 0.15) is 5.78 Å². The second-order valence-corrected chi connectivity index (χ2v) is 3.84. The zero-order valence-corrected chi connectivity index (χ0v) is 8.21. The van der Waals surface area contributed by atoms with Crippen LogP contribution in [-0.2, 0) is 4.79 Å². The summed E-state index contributed by atoms with van der Waals surface area (Å²) in [5.74, 6) is 1.90. The lowest BCUT2D eigenvalue weighted by molar-refractivity contribution is -0.120. The Balaban J connectivity index is 2.58. The summed E-state index contributed by atoms with van der Waals surface area (Å²) in [4.78, 5) is 11.3. The average Bonchev–Trinajstić information content (AvgIpc) is 2.34. The first-order valence-corrected chi connectivity index (χ1v) is 4.82. The van der Waals surface area contributed by atoms with Gasteiger partial charge in [0.15, 0.2) is 0 Å². The molecule has 0 amide bonds. The van der Waals surface area contributed by atoms with Crippen LogP contribution in [0.3, 0.4) is 0 Å². The Labute approximate surface area is 74.9 Å². The molecule has 1 nitrogen and oxygen atoms in total. The summed E-state index contributed by atoms with van der Waals surface area (Å²) in [7, 11) is 0. The fraction of sp³-hybridized carbons (Fsp3) is 0.727. The highest BCUT2D eigenvalue weighted by atomic mass is 16.1. The van der Waals surface area contributed by atoms with Crippen molar-refractivity contribution >= 4 is 5.78 Å². The molecular formula is C11H18O. The normalized spacial score (nSPS) is 33.1. The van der Waals surface area contributed by atoms with Crippen LogP contribution in [0.5, 0.6) is 0 Å². The quantitative estimate of drug-likeness (QED) is 0.576. The molecule has 0 bridgehead atoms. The van der Waals surface area contributed by atoms with Gasteiger partial charge in [-0.25, -0.2) is 0 Å². The molecule has 0 aromatic heterocycles. The van der Waals surface area contributed by atoms with Crippen LogP contribution in [0.1, 0.15) is 33.6 Å². The van der Waals surface area contributed by atoms with Gasteiger partial charge in [-0.05, 0) is 25.2 Å². The summed E-state index contributed by atoms with van der Waals surface area (Å²) < 4.78 is 0. The maximum atomic E-state index is 11.3. The Morgan fingerprint density at radius 1 is 1.58 bits per heavy atom. The van der Waals surface area contributed by atoms with Crippen molar-refractivity contribution in [3.8, 4) is 0 Å². The fourth-order valence-corrected chi connectivity index (χ4v) is 2.19. The minimum atomic E-state index is 0.288. The minimum absolute atomic E-state index is 0.288. The van der Waals surface area contributed by atoms with E-state index in [2.05, 4.69) is 26.0 Å². The molecule has 0 radical (unpaired) electrons. The Hall–Kier alpha value is -0.590. The molecule has 0 N–H and O–H groups in total. The SMILES string of the molecule is C/C=C/C(C)C1CCC(=O)C1C. The highest BCUT2D eigenvalue weighted by Gasteiger charge is 2.33. The van der Waals surface area contributed by atoms with Crippen molar-refractivity contribution in [2.75, 3.05) is 0 Å². The molecule has 0 spiro atoms. The third kappa shape index (κ3) is 1.77. The van der Waals surface area contributed by atoms with Gasteiger partial charge in [0.05, 0.1) is 0 Å². The number of rotatable bonds is 2. The fourth-order valence-electron chi connectivity index (χ4n) is 2.19. The standard InChI is InChI=1S/C11H18O/c1-4-5-8(2)10-6-7-11(12)9(10)3/h4-5,8-10H,6-7H2,1-3H3/b5-4+. The highest BCUT2D eigenvalue weighted by molar-refractivity contribution is 5.83. The van der Waals surface area contributed by atoms with Crippen LogP contribution in [0.2, 0.25) is 0 Å². The second kappa shape index (κ2) is 3.88. The topological polar surface area (TPSA) is 17.1 Å². The van der Waals surface area contributed by atoms with E-state index in [1.807, 2.05) is 6.92 Å². The van der Waals surface area contributed by atoms with E-state index in [4.69, 9.17) is 0 Å². The van der Waals surface area contributed by atoms with E-state index >= 15 is 0 Å². The first-order valence-electron chi connectivity index (χ1n) is 4.82. The van der Waals surface area contributed by atoms with Gasteiger partial charge in [-0.2, -0.15) is 0 Å². The Bertz CT molecular complexity index is 193. The molecular weight excluding hydrogens is 148 g/mol. The zero-order valence-electron chi connectivity index (χ0n) is 8.21. The van der Waals surface area contributed by atoms with E-state index in [1.54, 1.807) is 0 Å². The van der Waals surface area contributed by atoms with Crippen LogP contribution in [0.25, 0.3) is 0 Å². The molecule has 0 aliphatic heterocycles. The van der Waals surface area contributed by atoms with Crippen molar-refractivity contribution in [1.82, 2.24) is 0 Å². The predicted octanol–water partition coefficient (Wildman–Crippen LogP) is 2.81. The van der Waals surface area contributed by atoms with E-state index in [1.165, 1.54) is 0 Å². The van der Waals surface area contributed by atoms with Gasteiger partial charge in [0.2, 0.25) is 0 Å². The lowest BCUT2D eigenvalue weighted by Gasteiger charge is -2.18. The minimum Gasteiger partial charge on any atom is -0.299 e. The molecule has 0 heterocycles. The van der Waals surface area contributed by atoms with Crippen molar-refractivity contribution in [1.29, 1.82) is 0 Å². The molecule has 3 atom stereocenters. The van der Waals surface area contributed by atoms with Gasteiger partial charge in [-0.1, -0.05) is 26.0 Å². The van der Waals surface area contributed by atoms with Crippen molar-refractivity contribution in [2.45, 2.75) is 33.6 Å². The van der Waals surface area contributed by atoms with Crippen LogP contribution in [-0.4, -0.2) is 5.78 Å². The van der Waals surface area contributed by atoms with E-state index in [0.717, 1.165) is 12.8 Å². The van der Waals surface area contributed by atoms with E-state index < -0.39 is 0 Å². The lowest BCUT2D eigenvalue weighted by Crippen LogP contribution is -2.16. The predicted molar refractivity (Wildman–Crippen MR) is 50.9 cm³/mol. The first-order chi connectivity index (χ1) is 5.66. The molecule has 1 heteroatoms. The summed E-state index contributed by atoms with van der Waals surface area (Å²) in [6.45, 7) is 6.32. The van der Waals surface area contributed by atoms with Crippen LogP contribution in [0.4, 0.5) is 0 Å². The molecule has 68 valence electrons. The Morgan fingerprint density at radius 3 is 2.67 bits per heavy atom. The maximum absolute atomic E-state index is 11.3. The molecule has 0 saturated heterocycles. The third-order valence-corrected chi connectivity index (χ3v) is 3.05. The van der Waals surface area contributed by atoms with Crippen LogP contribution in [0.15, 0.2) is 12.2 Å². The van der Waals surface area contributed by atoms with Gasteiger partial charge < -0.3 is 0 Å². The largest absolute Gasteiger partial charge is 0.299 e. The number of hydrogen-bond acceptors (Lipinski definition) is 1.